The molecule has 0 heterocycles. The zero-order valence-corrected chi connectivity index (χ0v) is 12.3. The minimum Gasteiger partial charge on any atom is -0.349 e. The van der Waals surface area contributed by atoms with E-state index in [2.05, 4.69) is 12.2 Å². The zero-order valence-electron chi connectivity index (χ0n) is 12.3. The van der Waals surface area contributed by atoms with Gasteiger partial charge in [0.2, 0.25) is 0 Å². The number of carbonyl (C=O) groups excluding carboxylic acids is 1. The smallest absolute Gasteiger partial charge is 0.285 e. The summed E-state index contributed by atoms with van der Waals surface area (Å²) in [6, 6.07) is 4.83. The number of nitro groups is 1. The molecule has 1 N–H and O–H groups in total. The van der Waals surface area contributed by atoms with E-state index in [4.69, 9.17) is 0 Å². The second kappa shape index (κ2) is 7.62. The first kappa shape index (κ1) is 16.1. The van der Waals surface area contributed by atoms with E-state index in [1.165, 1.54) is 6.07 Å². The van der Waals surface area contributed by atoms with Crippen molar-refractivity contribution in [2.75, 3.05) is 0 Å². The van der Waals surface area contributed by atoms with Crippen LogP contribution in [0.25, 0.3) is 0 Å². The first-order valence-corrected chi connectivity index (χ1v) is 7.02. The van der Waals surface area contributed by atoms with Gasteiger partial charge in [0.15, 0.2) is 0 Å². The molecule has 1 unspecified atom stereocenters. The van der Waals surface area contributed by atoms with E-state index in [1.54, 1.807) is 19.1 Å². The van der Waals surface area contributed by atoms with Crippen molar-refractivity contribution in [3.05, 3.63) is 39.4 Å². The van der Waals surface area contributed by atoms with Gasteiger partial charge in [0.1, 0.15) is 5.56 Å². The summed E-state index contributed by atoms with van der Waals surface area (Å²) in [7, 11) is 0. The van der Waals surface area contributed by atoms with Crippen molar-refractivity contribution in [1.29, 1.82) is 0 Å². The van der Waals surface area contributed by atoms with Crippen molar-refractivity contribution in [2.24, 2.45) is 0 Å². The average molecular weight is 278 g/mol. The maximum atomic E-state index is 12.1. The second-order valence-corrected chi connectivity index (χ2v) is 5.10. The number of aryl methyl sites for hydroxylation is 1. The van der Waals surface area contributed by atoms with Gasteiger partial charge in [0.05, 0.1) is 4.92 Å². The maximum Gasteiger partial charge on any atom is 0.285 e. The van der Waals surface area contributed by atoms with Crippen LogP contribution in [0, 0.1) is 17.0 Å². The molecule has 1 aromatic rings. The van der Waals surface area contributed by atoms with Gasteiger partial charge >= 0.3 is 0 Å². The Balaban J connectivity index is 2.77. The number of benzene rings is 1. The Morgan fingerprint density at radius 3 is 2.70 bits per heavy atom. The van der Waals surface area contributed by atoms with Crippen LogP contribution in [0.3, 0.4) is 0 Å². The molecule has 1 aromatic carbocycles. The van der Waals surface area contributed by atoms with Gasteiger partial charge in [0.25, 0.3) is 11.6 Å². The van der Waals surface area contributed by atoms with Gasteiger partial charge in [-0.15, -0.1) is 0 Å². The minimum absolute atomic E-state index is 0.0224. The minimum atomic E-state index is -0.494. The number of para-hydroxylation sites is 1. The number of nitro benzene ring substituents is 1. The lowest BCUT2D eigenvalue weighted by Crippen LogP contribution is -2.33. The molecule has 0 radical (unpaired) electrons. The number of rotatable bonds is 7. The predicted octanol–water partition coefficient (Wildman–Crippen LogP) is 3.60. The monoisotopic (exact) mass is 278 g/mol. The second-order valence-electron chi connectivity index (χ2n) is 5.10. The van der Waals surface area contributed by atoms with Crippen molar-refractivity contribution < 1.29 is 9.72 Å². The van der Waals surface area contributed by atoms with E-state index in [1.807, 2.05) is 6.92 Å². The quantitative estimate of drug-likeness (QED) is 0.470. The zero-order chi connectivity index (χ0) is 15.1. The highest BCUT2D eigenvalue weighted by atomic mass is 16.6. The largest absolute Gasteiger partial charge is 0.349 e. The van der Waals surface area contributed by atoms with Gasteiger partial charge in [-0.1, -0.05) is 38.3 Å². The van der Waals surface area contributed by atoms with Crippen LogP contribution in [0.5, 0.6) is 0 Å². The van der Waals surface area contributed by atoms with Crippen molar-refractivity contribution >= 4 is 11.6 Å². The fourth-order valence-corrected chi connectivity index (χ4v) is 2.16. The molecule has 0 bridgehead atoms. The Labute approximate surface area is 119 Å². The van der Waals surface area contributed by atoms with Gasteiger partial charge in [-0.25, -0.2) is 0 Å². The molecule has 0 aliphatic heterocycles. The standard InChI is InChI=1S/C15H22N2O3/c1-4-5-6-9-12(3)16-15(18)13-10-7-8-11(2)14(13)17(19)20/h7-8,10,12H,4-6,9H2,1-3H3,(H,16,18). The van der Waals surface area contributed by atoms with Crippen molar-refractivity contribution in [1.82, 2.24) is 5.32 Å². The third-order valence-corrected chi connectivity index (χ3v) is 3.28. The van der Waals surface area contributed by atoms with Crippen molar-refractivity contribution in [3.8, 4) is 0 Å². The Kier molecular flexibility index (Phi) is 6.15. The molecule has 1 rings (SSSR count). The number of hydrogen-bond donors (Lipinski definition) is 1. The molecule has 0 spiro atoms. The molecule has 1 amide bonds. The summed E-state index contributed by atoms with van der Waals surface area (Å²) in [6.07, 6.45) is 4.20. The number of hydrogen-bond acceptors (Lipinski definition) is 3. The van der Waals surface area contributed by atoms with E-state index in [9.17, 15) is 14.9 Å². The summed E-state index contributed by atoms with van der Waals surface area (Å²) >= 11 is 0. The molecular weight excluding hydrogens is 256 g/mol. The number of unbranched alkanes of at least 4 members (excludes halogenated alkanes) is 2. The van der Waals surface area contributed by atoms with Gasteiger partial charge in [-0.3, -0.25) is 14.9 Å². The van der Waals surface area contributed by atoms with Crippen LogP contribution < -0.4 is 5.32 Å². The molecule has 20 heavy (non-hydrogen) atoms. The Hall–Kier alpha value is -1.91. The lowest BCUT2D eigenvalue weighted by atomic mass is 10.1. The summed E-state index contributed by atoms with van der Waals surface area (Å²) in [5, 5.41) is 13.9. The van der Waals surface area contributed by atoms with Crippen LogP contribution >= 0.6 is 0 Å². The lowest BCUT2D eigenvalue weighted by Gasteiger charge is -2.14. The number of nitrogens with one attached hydrogen (secondary N) is 1. The van der Waals surface area contributed by atoms with E-state index in [0.29, 0.717) is 5.56 Å². The predicted molar refractivity (Wildman–Crippen MR) is 78.9 cm³/mol. The normalized spacial score (nSPS) is 11.9. The summed E-state index contributed by atoms with van der Waals surface area (Å²) in [5.41, 5.74) is 0.532. The number of amides is 1. The SMILES string of the molecule is CCCCCC(C)NC(=O)c1cccc(C)c1[N+](=O)[O-]. The summed E-state index contributed by atoms with van der Waals surface area (Å²) in [4.78, 5) is 22.7. The summed E-state index contributed by atoms with van der Waals surface area (Å²) in [6.45, 7) is 5.69. The molecule has 0 saturated heterocycles. The van der Waals surface area contributed by atoms with Crippen LogP contribution in [0.2, 0.25) is 0 Å². The highest BCUT2D eigenvalue weighted by Crippen LogP contribution is 2.23. The van der Waals surface area contributed by atoms with Gasteiger partial charge in [-0.05, 0) is 26.3 Å². The van der Waals surface area contributed by atoms with Gasteiger partial charge in [-0.2, -0.15) is 0 Å². The number of carbonyl (C=O) groups is 1. The molecule has 0 aliphatic carbocycles. The van der Waals surface area contributed by atoms with E-state index in [-0.39, 0.29) is 23.2 Å². The molecule has 0 fully saturated rings. The highest BCUT2D eigenvalue weighted by molar-refractivity contribution is 5.98. The molecule has 1 atom stereocenters. The van der Waals surface area contributed by atoms with E-state index < -0.39 is 4.92 Å². The van der Waals surface area contributed by atoms with Gasteiger partial charge < -0.3 is 5.32 Å². The fraction of sp³-hybridized carbons (Fsp3) is 0.533. The lowest BCUT2D eigenvalue weighted by molar-refractivity contribution is -0.385. The average Bonchev–Trinajstić information content (AvgIpc) is 2.38. The van der Waals surface area contributed by atoms with Crippen LogP contribution in [0.4, 0.5) is 5.69 Å². The van der Waals surface area contributed by atoms with Crippen molar-refractivity contribution in [2.45, 2.75) is 52.5 Å². The van der Waals surface area contributed by atoms with E-state index >= 15 is 0 Å². The molecule has 110 valence electrons. The molecule has 5 nitrogen and oxygen atoms in total. The molecule has 0 saturated carbocycles. The highest BCUT2D eigenvalue weighted by Gasteiger charge is 2.22. The molecule has 5 heteroatoms. The third-order valence-electron chi connectivity index (χ3n) is 3.28. The summed E-state index contributed by atoms with van der Waals surface area (Å²) in [5.74, 6) is -0.371. The van der Waals surface area contributed by atoms with Crippen LogP contribution in [-0.4, -0.2) is 16.9 Å². The third kappa shape index (κ3) is 4.33. The fourth-order valence-electron chi connectivity index (χ4n) is 2.16. The topological polar surface area (TPSA) is 72.2 Å². The Morgan fingerprint density at radius 2 is 2.10 bits per heavy atom. The first-order valence-electron chi connectivity index (χ1n) is 7.02. The molecular formula is C15H22N2O3. The van der Waals surface area contributed by atoms with Crippen LogP contribution in [0.1, 0.15) is 55.5 Å². The van der Waals surface area contributed by atoms with Crippen molar-refractivity contribution in [3.63, 3.8) is 0 Å². The van der Waals surface area contributed by atoms with E-state index in [0.717, 1.165) is 25.7 Å². The van der Waals surface area contributed by atoms with Crippen LogP contribution in [0.15, 0.2) is 18.2 Å². The van der Waals surface area contributed by atoms with Gasteiger partial charge in [0, 0.05) is 11.6 Å². The summed E-state index contributed by atoms with van der Waals surface area (Å²) < 4.78 is 0. The molecule has 0 aromatic heterocycles. The Morgan fingerprint density at radius 1 is 1.40 bits per heavy atom. The Bertz CT molecular complexity index is 486. The number of nitrogens with zero attached hydrogens (tertiary/aromatic N) is 1. The first-order chi connectivity index (χ1) is 9.47. The van der Waals surface area contributed by atoms with Crippen LogP contribution in [-0.2, 0) is 0 Å². The maximum absolute atomic E-state index is 12.1. The molecule has 0 aliphatic rings.